The van der Waals surface area contributed by atoms with Gasteiger partial charge in [-0.25, -0.2) is 4.98 Å². The molecular formula is C16H21N3O2. The standard InChI is InChI=1S/C16H21N3O2/c1-3-14(18-10-13-9-17-11-19(13)2)12-4-5-15-16(8-12)21-7-6-20-15/h4-5,8-9,11,14,18H,3,6-7,10H2,1-2H3. The van der Waals surface area contributed by atoms with Crippen LogP contribution in [0.4, 0.5) is 0 Å². The molecule has 0 spiro atoms. The molecule has 1 N–H and O–H groups in total. The minimum Gasteiger partial charge on any atom is -0.486 e. The molecule has 1 unspecified atom stereocenters. The van der Waals surface area contributed by atoms with Crippen LogP contribution in [0.2, 0.25) is 0 Å². The number of hydrogen-bond donors (Lipinski definition) is 1. The van der Waals surface area contributed by atoms with Crippen molar-refractivity contribution in [3.05, 3.63) is 42.0 Å². The number of nitrogens with one attached hydrogen (secondary N) is 1. The Balaban J connectivity index is 1.72. The Bertz CT molecular complexity index is 609. The summed E-state index contributed by atoms with van der Waals surface area (Å²) in [6, 6.07) is 6.48. The van der Waals surface area contributed by atoms with Crippen molar-refractivity contribution in [2.45, 2.75) is 25.9 Å². The Morgan fingerprint density at radius 3 is 2.81 bits per heavy atom. The first-order valence-electron chi connectivity index (χ1n) is 7.36. The summed E-state index contributed by atoms with van der Waals surface area (Å²) in [5.74, 6) is 1.69. The van der Waals surface area contributed by atoms with Gasteiger partial charge in [0.05, 0.1) is 12.0 Å². The van der Waals surface area contributed by atoms with E-state index in [9.17, 15) is 0 Å². The fourth-order valence-electron chi connectivity index (χ4n) is 2.56. The summed E-state index contributed by atoms with van der Waals surface area (Å²) in [7, 11) is 2.01. The maximum Gasteiger partial charge on any atom is 0.161 e. The molecule has 1 aliphatic rings. The SMILES string of the molecule is CCC(NCc1cncn1C)c1ccc2c(c1)OCCO2. The summed E-state index contributed by atoms with van der Waals surface area (Å²) in [5, 5.41) is 3.58. The first-order chi connectivity index (χ1) is 10.3. The lowest BCUT2D eigenvalue weighted by Gasteiger charge is -2.22. The van der Waals surface area contributed by atoms with Crippen molar-refractivity contribution in [2.75, 3.05) is 13.2 Å². The molecule has 0 fully saturated rings. The number of aromatic nitrogens is 2. The predicted octanol–water partition coefficient (Wildman–Crippen LogP) is 2.43. The molecular weight excluding hydrogens is 266 g/mol. The molecule has 0 aliphatic carbocycles. The topological polar surface area (TPSA) is 48.3 Å². The number of imidazole rings is 1. The van der Waals surface area contributed by atoms with E-state index in [1.165, 1.54) is 11.3 Å². The van der Waals surface area contributed by atoms with Crippen molar-refractivity contribution in [3.8, 4) is 11.5 Å². The van der Waals surface area contributed by atoms with Crippen LogP contribution in [0.15, 0.2) is 30.7 Å². The zero-order chi connectivity index (χ0) is 14.7. The molecule has 0 amide bonds. The lowest BCUT2D eigenvalue weighted by Crippen LogP contribution is -2.22. The first-order valence-corrected chi connectivity index (χ1v) is 7.36. The molecule has 3 rings (SSSR count). The van der Waals surface area contributed by atoms with Crippen molar-refractivity contribution in [1.29, 1.82) is 0 Å². The second kappa shape index (κ2) is 6.18. The lowest BCUT2D eigenvalue weighted by molar-refractivity contribution is 0.171. The Hall–Kier alpha value is -2.01. The maximum absolute atomic E-state index is 5.66. The molecule has 2 heterocycles. The van der Waals surface area contributed by atoms with E-state index in [4.69, 9.17) is 9.47 Å². The third kappa shape index (κ3) is 3.03. The highest BCUT2D eigenvalue weighted by molar-refractivity contribution is 5.44. The van der Waals surface area contributed by atoms with Gasteiger partial charge >= 0.3 is 0 Å². The van der Waals surface area contributed by atoms with Gasteiger partial charge in [-0.2, -0.15) is 0 Å². The minimum atomic E-state index is 0.288. The Morgan fingerprint density at radius 1 is 1.29 bits per heavy atom. The molecule has 1 aromatic heterocycles. The van der Waals surface area contributed by atoms with Crippen molar-refractivity contribution < 1.29 is 9.47 Å². The number of nitrogens with zero attached hydrogens (tertiary/aromatic N) is 2. The molecule has 0 saturated carbocycles. The molecule has 1 atom stereocenters. The van der Waals surface area contributed by atoms with E-state index in [-0.39, 0.29) is 6.04 Å². The van der Waals surface area contributed by atoms with Crippen molar-refractivity contribution in [3.63, 3.8) is 0 Å². The monoisotopic (exact) mass is 287 g/mol. The van der Waals surface area contributed by atoms with Crippen molar-refractivity contribution >= 4 is 0 Å². The zero-order valence-corrected chi connectivity index (χ0v) is 12.5. The summed E-state index contributed by atoms with van der Waals surface area (Å²) in [5.41, 5.74) is 2.40. The lowest BCUT2D eigenvalue weighted by atomic mass is 10.0. The van der Waals surface area contributed by atoms with Crippen LogP contribution in [0.3, 0.4) is 0 Å². The molecule has 112 valence electrons. The van der Waals surface area contributed by atoms with Crippen LogP contribution in [0.25, 0.3) is 0 Å². The van der Waals surface area contributed by atoms with Crippen LogP contribution in [0, 0.1) is 0 Å². The van der Waals surface area contributed by atoms with Gasteiger partial charge in [0, 0.05) is 25.8 Å². The number of hydrogen-bond acceptors (Lipinski definition) is 4. The summed E-state index contributed by atoms with van der Waals surface area (Å²) >= 11 is 0. The van der Waals surface area contributed by atoms with E-state index >= 15 is 0 Å². The highest BCUT2D eigenvalue weighted by Gasteiger charge is 2.16. The smallest absolute Gasteiger partial charge is 0.161 e. The largest absolute Gasteiger partial charge is 0.486 e. The van der Waals surface area contributed by atoms with Gasteiger partial charge in [0.15, 0.2) is 11.5 Å². The maximum atomic E-state index is 5.66. The molecule has 0 bridgehead atoms. The van der Waals surface area contributed by atoms with E-state index < -0.39 is 0 Å². The van der Waals surface area contributed by atoms with E-state index in [0.29, 0.717) is 13.2 Å². The number of benzene rings is 1. The van der Waals surface area contributed by atoms with E-state index in [2.05, 4.69) is 29.4 Å². The molecule has 5 nitrogen and oxygen atoms in total. The summed E-state index contributed by atoms with van der Waals surface area (Å²) in [6.07, 6.45) is 4.73. The second-order valence-corrected chi connectivity index (χ2v) is 5.24. The molecule has 5 heteroatoms. The molecule has 1 aromatic carbocycles. The van der Waals surface area contributed by atoms with Crippen LogP contribution < -0.4 is 14.8 Å². The molecule has 2 aromatic rings. The third-order valence-corrected chi connectivity index (χ3v) is 3.82. The number of ether oxygens (including phenoxy) is 2. The summed E-state index contributed by atoms with van der Waals surface area (Å²) < 4.78 is 13.3. The third-order valence-electron chi connectivity index (χ3n) is 3.82. The van der Waals surface area contributed by atoms with Crippen LogP contribution in [0.1, 0.15) is 30.6 Å². The molecule has 0 saturated heterocycles. The van der Waals surface area contributed by atoms with Crippen LogP contribution in [0.5, 0.6) is 11.5 Å². The Labute approximate surface area is 124 Å². The number of aryl methyl sites for hydroxylation is 1. The second-order valence-electron chi connectivity index (χ2n) is 5.24. The van der Waals surface area contributed by atoms with Gasteiger partial charge in [0.1, 0.15) is 13.2 Å². The van der Waals surface area contributed by atoms with E-state index in [1.807, 2.05) is 30.2 Å². The van der Waals surface area contributed by atoms with Crippen molar-refractivity contribution in [2.24, 2.45) is 7.05 Å². The van der Waals surface area contributed by atoms with Gasteiger partial charge in [0.25, 0.3) is 0 Å². The van der Waals surface area contributed by atoms with Gasteiger partial charge in [-0.1, -0.05) is 13.0 Å². The zero-order valence-electron chi connectivity index (χ0n) is 12.5. The van der Waals surface area contributed by atoms with Gasteiger partial charge in [-0.05, 0) is 24.1 Å². The highest BCUT2D eigenvalue weighted by atomic mass is 16.6. The quantitative estimate of drug-likeness (QED) is 0.917. The highest BCUT2D eigenvalue weighted by Crippen LogP contribution is 2.33. The normalized spacial score (nSPS) is 15.0. The molecule has 21 heavy (non-hydrogen) atoms. The van der Waals surface area contributed by atoms with Crippen molar-refractivity contribution in [1.82, 2.24) is 14.9 Å². The molecule has 0 radical (unpaired) electrons. The van der Waals surface area contributed by atoms with Gasteiger partial charge < -0.3 is 19.4 Å². The first kappa shape index (κ1) is 13.9. The van der Waals surface area contributed by atoms with Gasteiger partial charge in [-0.15, -0.1) is 0 Å². The van der Waals surface area contributed by atoms with Crippen LogP contribution in [-0.2, 0) is 13.6 Å². The fraction of sp³-hybridized carbons (Fsp3) is 0.438. The molecule has 1 aliphatic heterocycles. The Morgan fingerprint density at radius 2 is 2.10 bits per heavy atom. The average molecular weight is 287 g/mol. The number of fused-ring (bicyclic) bond motifs is 1. The Kier molecular flexibility index (Phi) is 4.10. The van der Waals surface area contributed by atoms with Gasteiger partial charge in [-0.3, -0.25) is 0 Å². The number of rotatable bonds is 5. The predicted molar refractivity (Wildman–Crippen MR) is 80.5 cm³/mol. The fourth-order valence-corrected chi connectivity index (χ4v) is 2.56. The van der Waals surface area contributed by atoms with Crippen LogP contribution in [-0.4, -0.2) is 22.8 Å². The van der Waals surface area contributed by atoms with E-state index in [1.54, 1.807) is 0 Å². The van der Waals surface area contributed by atoms with Crippen LogP contribution >= 0.6 is 0 Å². The van der Waals surface area contributed by atoms with E-state index in [0.717, 1.165) is 24.5 Å². The average Bonchev–Trinajstić information content (AvgIpc) is 2.93. The summed E-state index contributed by atoms with van der Waals surface area (Å²) in [6.45, 7) is 4.22. The minimum absolute atomic E-state index is 0.288. The summed E-state index contributed by atoms with van der Waals surface area (Å²) in [4.78, 5) is 4.14. The van der Waals surface area contributed by atoms with Gasteiger partial charge in [0.2, 0.25) is 0 Å².